The highest BCUT2D eigenvalue weighted by molar-refractivity contribution is 9.10. The third-order valence-electron chi connectivity index (χ3n) is 6.24. The van der Waals surface area contributed by atoms with Crippen molar-refractivity contribution in [2.24, 2.45) is 0 Å². The molecule has 2 amide bonds. The summed E-state index contributed by atoms with van der Waals surface area (Å²) in [4.78, 5) is 32.9. The third kappa shape index (κ3) is 5.82. The van der Waals surface area contributed by atoms with Gasteiger partial charge in [0.05, 0.1) is 42.7 Å². The first-order chi connectivity index (χ1) is 17.5. The van der Waals surface area contributed by atoms with Crippen molar-refractivity contribution >= 4 is 33.4 Å². The van der Waals surface area contributed by atoms with Gasteiger partial charge in [-0.05, 0) is 31.5 Å². The fourth-order valence-corrected chi connectivity index (χ4v) is 4.99. The molecule has 0 bridgehead atoms. The van der Waals surface area contributed by atoms with Crippen LogP contribution < -0.4 is 15.0 Å². The molecule has 0 spiro atoms. The fourth-order valence-electron chi connectivity index (χ4n) is 4.53. The summed E-state index contributed by atoms with van der Waals surface area (Å²) in [6.07, 6.45) is -4.43. The average Bonchev–Trinajstić information content (AvgIpc) is 3.32. The van der Waals surface area contributed by atoms with E-state index < -0.39 is 35.4 Å². The number of hydrogen-bond acceptors (Lipinski definition) is 6. The van der Waals surface area contributed by atoms with Gasteiger partial charge >= 0.3 is 6.18 Å². The van der Waals surface area contributed by atoms with Crippen molar-refractivity contribution in [3.05, 3.63) is 50.9 Å². The lowest BCUT2D eigenvalue weighted by Gasteiger charge is -2.31. The lowest BCUT2D eigenvalue weighted by atomic mass is 10.0. The van der Waals surface area contributed by atoms with Gasteiger partial charge < -0.3 is 24.6 Å². The Kier molecular flexibility index (Phi) is 7.93. The molecule has 2 aromatic rings. The van der Waals surface area contributed by atoms with Crippen molar-refractivity contribution in [3.63, 3.8) is 0 Å². The predicted molar refractivity (Wildman–Crippen MR) is 129 cm³/mol. The molecule has 13 heteroatoms. The van der Waals surface area contributed by atoms with Crippen LogP contribution in [0, 0.1) is 12.7 Å². The molecule has 4 rings (SSSR count). The van der Waals surface area contributed by atoms with Crippen LogP contribution in [0.5, 0.6) is 5.88 Å². The molecular formula is C24H25BrF4N4O4. The molecule has 3 heterocycles. The maximum absolute atomic E-state index is 14.6. The Balaban J connectivity index is 1.62. The molecule has 200 valence electrons. The number of amides is 2. The van der Waals surface area contributed by atoms with E-state index in [1.54, 1.807) is 6.92 Å². The van der Waals surface area contributed by atoms with Gasteiger partial charge in [-0.15, -0.1) is 0 Å². The SMILES string of the molecule is COc1nc(C)cc(C(=O)NC2CCN(c3c(C(=O)N4CCOCC4)cc(Br)cc3C(F)(F)F)C2)c1F. The number of halogens is 5. The molecule has 1 aromatic heterocycles. The minimum Gasteiger partial charge on any atom is -0.479 e. The molecule has 2 aliphatic rings. The number of anilines is 1. The van der Waals surface area contributed by atoms with E-state index in [0.29, 0.717) is 25.3 Å². The minimum atomic E-state index is -4.73. The topological polar surface area (TPSA) is 84.0 Å². The Morgan fingerprint density at radius 2 is 1.86 bits per heavy atom. The Hall–Kier alpha value is -2.93. The van der Waals surface area contributed by atoms with E-state index in [4.69, 9.17) is 9.47 Å². The summed E-state index contributed by atoms with van der Waals surface area (Å²) < 4.78 is 67.3. The van der Waals surface area contributed by atoms with E-state index in [-0.39, 0.29) is 53.3 Å². The van der Waals surface area contributed by atoms with Gasteiger partial charge in [0.1, 0.15) is 0 Å². The number of nitrogens with one attached hydrogen (secondary N) is 1. The zero-order chi connectivity index (χ0) is 26.9. The Labute approximate surface area is 219 Å². The Morgan fingerprint density at radius 1 is 1.16 bits per heavy atom. The van der Waals surface area contributed by atoms with Crippen LogP contribution >= 0.6 is 15.9 Å². The number of morpholine rings is 1. The zero-order valence-electron chi connectivity index (χ0n) is 20.1. The molecule has 2 saturated heterocycles. The molecule has 1 unspecified atom stereocenters. The van der Waals surface area contributed by atoms with E-state index in [0.717, 1.165) is 6.07 Å². The number of carbonyl (C=O) groups excluding carboxylic acids is 2. The summed E-state index contributed by atoms with van der Waals surface area (Å²) in [6, 6.07) is 3.02. The van der Waals surface area contributed by atoms with E-state index in [2.05, 4.69) is 26.2 Å². The van der Waals surface area contributed by atoms with Crippen LogP contribution in [0.4, 0.5) is 23.2 Å². The van der Waals surface area contributed by atoms with Gasteiger partial charge in [0, 0.05) is 42.4 Å². The first-order valence-electron chi connectivity index (χ1n) is 11.5. The second-order valence-electron chi connectivity index (χ2n) is 8.79. The second kappa shape index (κ2) is 10.8. The monoisotopic (exact) mass is 588 g/mol. The number of alkyl halides is 3. The van der Waals surface area contributed by atoms with Crippen molar-refractivity contribution in [2.75, 3.05) is 51.4 Å². The molecule has 0 aliphatic carbocycles. The van der Waals surface area contributed by atoms with Gasteiger partial charge in [-0.2, -0.15) is 13.2 Å². The minimum absolute atomic E-state index is 0.00264. The number of ether oxygens (including phenoxy) is 2. The third-order valence-corrected chi connectivity index (χ3v) is 6.70. The number of benzene rings is 1. The van der Waals surface area contributed by atoms with Crippen LogP contribution in [0.3, 0.4) is 0 Å². The van der Waals surface area contributed by atoms with Crippen LogP contribution in [0.2, 0.25) is 0 Å². The molecule has 1 aromatic carbocycles. The number of aromatic nitrogens is 1. The summed E-state index contributed by atoms with van der Waals surface area (Å²) >= 11 is 3.11. The van der Waals surface area contributed by atoms with Gasteiger partial charge in [0.2, 0.25) is 0 Å². The number of carbonyl (C=O) groups is 2. The number of pyridine rings is 1. The molecule has 0 radical (unpaired) electrons. The predicted octanol–water partition coefficient (Wildman–Crippen LogP) is 3.80. The standard InChI is InChI=1S/C24H25BrF4N4O4/c1-13-9-16(19(26)22(30-13)36-2)21(34)31-15-3-4-33(12-15)20-17(23(35)32-5-7-37-8-6-32)10-14(25)11-18(20)24(27,28)29/h9-11,15H,3-8,12H2,1-2H3,(H,31,34). The van der Waals surface area contributed by atoms with E-state index >= 15 is 0 Å². The maximum atomic E-state index is 14.6. The lowest BCUT2D eigenvalue weighted by Crippen LogP contribution is -2.42. The quantitative estimate of drug-likeness (QED) is 0.535. The van der Waals surface area contributed by atoms with Crippen LogP contribution in [0.15, 0.2) is 22.7 Å². The van der Waals surface area contributed by atoms with Crippen molar-refractivity contribution in [1.82, 2.24) is 15.2 Å². The Morgan fingerprint density at radius 3 is 2.51 bits per heavy atom. The summed E-state index contributed by atoms with van der Waals surface area (Å²) in [7, 11) is 1.23. The maximum Gasteiger partial charge on any atom is 0.418 e. The van der Waals surface area contributed by atoms with Crippen molar-refractivity contribution in [3.8, 4) is 5.88 Å². The first-order valence-corrected chi connectivity index (χ1v) is 12.3. The summed E-state index contributed by atoms with van der Waals surface area (Å²) in [6.45, 7) is 2.87. The highest BCUT2D eigenvalue weighted by Gasteiger charge is 2.40. The molecule has 2 fully saturated rings. The summed E-state index contributed by atoms with van der Waals surface area (Å²) in [5.41, 5.74) is -1.18. The molecule has 8 nitrogen and oxygen atoms in total. The van der Waals surface area contributed by atoms with Crippen LogP contribution in [0.1, 0.15) is 38.4 Å². The summed E-state index contributed by atoms with van der Waals surface area (Å²) in [5.74, 6) is -2.51. The van der Waals surface area contributed by atoms with Crippen molar-refractivity contribution < 1.29 is 36.6 Å². The number of nitrogens with zero attached hydrogens (tertiary/aromatic N) is 3. The number of hydrogen-bond donors (Lipinski definition) is 1. The van der Waals surface area contributed by atoms with Crippen LogP contribution in [-0.4, -0.2) is 74.2 Å². The number of methoxy groups -OCH3 is 1. The molecule has 2 aliphatic heterocycles. The lowest BCUT2D eigenvalue weighted by molar-refractivity contribution is -0.137. The van der Waals surface area contributed by atoms with Gasteiger partial charge in [-0.3, -0.25) is 9.59 Å². The smallest absolute Gasteiger partial charge is 0.418 e. The highest BCUT2D eigenvalue weighted by atomic mass is 79.9. The average molecular weight is 589 g/mol. The zero-order valence-corrected chi connectivity index (χ0v) is 21.7. The molecular weight excluding hydrogens is 564 g/mol. The van der Waals surface area contributed by atoms with Gasteiger partial charge in [0.25, 0.3) is 17.7 Å². The first kappa shape index (κ1) is 27.1. The summed E-state index contributed by atoms with van der Waals surface area (Å²) in [5, 5.41) is 2.69. The molecule has 1 atom stereocenters. The fraction of sp³-hybridized carbons (Fsp3) is 0.458. The Bertz CT molecular complexity index is 1200. The van der Waals surface area contributed by atoms with E-state index in [1.807, 2.05) is 0 Å². The number of aryl methyl sites for hydroxylation is 1. The largest absolute Gasteiger partial charge is 0.479 e. The van der Waals surface area contributed by atoms with Gasteiger partial charge in [-0.1, -0.05) is 15.9 Å². The number of rotatable bonds is 5. The second-order valence-corrected chi connectivity index (χ2v) is 9.71. The highest BCUT2D eigenvalue weighted by Crippen LogP contribution is 2.42. The van der Waals surface area contributed by atoms with Gasteiger partial charge in [-0.25, -0.2) is 9.37 Å². The molecule has 0 saturated carbocycles. The van der Waals surface area contributed by atoms with E-state index in [1.165, 1.54) is 29.0 Å². The van der Waals surface area contributed by atoms with Crippen molar-refractivity contribution in [2.45, 2.75) is 25.6 Å². The van der Waals surface area contributed by atoms with Crippen molar-refractivity contribution in [1.29, 1.82) is 0 Å². The van der Waals surface area contributed by atoms with E-state index in [9.17, 15) is 27.2 Å². The van der Waals surface area contributed by atoms with Gasteiger partial charge in [0.15, 0.2) is 5.82 Å². The van der Waals surface area contributed by atoms with Crippen LogP contribution in [0.25, 0.3) is 0 Å². The molecule has 1 N–H and O–H groups in total. The van der Waals surface area contributed by atoms with Crippen LogP contribution in [-0.2, 0) is 10.9 Å². The molecule has 37 heavy (non-hydrogen) atoms. The normalized spacial score (nSPS) is 18.2.